The number of quaternary nitrogens is 1. The van der Waals surface area contributed by atoms with Gasteiger partial charge in [0, 0.05) is 0 Å². The number of methoxy groups -OCH3 is 1. The summed E-state index contributed by atoms with van der Waals surface area (Å²) in [5.74, 6) is 1.76. The molecule has 1 saturated heterocycles. The van der Waals surface area contributed by atoms with E-state index in [1.807, 2.05) is 43.3 Å². The lowest BCUT2D eigenvalue weighted by atomic mass is 10.2. The molecular weight excluding hydrogens is 398 g/mol. The zero-order chi connectivity index (χ0) is 21.8. The molecule has 164 valence electrons. The minimum atomic E-state index is -0.631. The molecule has 1 fully saturated rings. The maximum Gasteiger partial charge on any atom is 0.279 e. The van der Waals surface area contributed by atoms with E-state index >= 15 is 0 Å². The molecule has 2 aromatic rings. The second kappa shape index (κ2) is 9.26. The van der Waals surface area contributed by atoms with Crippen LogP contribution < -0.4 is 24.4 Å². The zero-order valence-corrected chi connectivity index (χ0v) is 17.8. The van der Waals surface area contributed by atoms with Crippen LogP contribution in [0.2, 0.25) is 0 Å². The first-order valence-electron chi connectivity index (χ1n) is 10.5. The van der Waals surface area contributed by atoms with Crippen LogP contribution in [0.3, 0.4) is 0 Å². The summed E-state index contributed by atoms with van der Waals surface area (Å²) >= 11 is 0. The quantitative estimate of drug-likeness (QED) is 0.728. The monoisotopic (exact) mass is 426 g/mol. The third-order valence-electron chi connectivity index (χ3n) is 5.61. The summed E-state index contributed by atoms with van der Waals surface area (Å²) in [7, 11) is 1.58. The Hall–Kier alpha value is -3.26. The fourth-order valence-electron chi connectivity index (χ4n) is 3.91. The minimum absolute atomic E-state index is 0.0671. The van der Waals surface area contributed by atoms with Crippen LogP contribution in [0.4, 0.5) is 5.69 Å². The lowest BCUT2D eigenvalue weighted by Crippen LogP contribution is -3.15. The van der Waals surface area contributed by atoms with Gasteiger partial charge in [0.2, 0.25) is 6.10 Å². The van der Waals surface area contributed by atoms with Crippen LogP contribution >= 0.6 is 0 Å². The van der Waals surface area contributed by atoms with Gasteiger partial charge in [0.1, 0.15) is 12.4 Å². The Morgan fingerprint density at radius 3 is 2.65 bits per heavy atom. The average molecular weight is 426 g/mol. The second-order valence-electron chi connectivity index (χ2n) is 7.87. The zero-order valence-electron chi connectivity index (χ0n) is 17.8. The Kier molecular flexibility index (Phi) is 6.27. The van der Waals surface area contributed by atoms with Gasteiger partial charge in [-0.1, -0.05) is 18.2 Å². The molecule has 0 aliphatic carbocycles. The molecule has 2 N–H and O–H groups in total. The van der Waals surface area contributed by atoms with Crippen molar-refractivity contribution in [2.24, 2.45) is 0 Å². The summed E-state index contributed by atoms with van der Waals surface area (Å²) in [5, 5.41) is 2.94. The van der Waals surface area contributed by atoms with Crippen molar-refractivity contribution in [1.82, 2.24) is 4.90 Å². The van der Waals surface area contributed by atoms with Crippen molar-refractivity contribution in [3.63, 3.8) is 0 Å². The summed E-state index contributed by atoms with van der Waals surface area (Å²) in [5.41, 5.74) is 1.72. The number of nitrogens with zero attached hydrogens (tertiary/aromatic N) is 1. The number of aryl methyl sites for hydroxylation is 1. The number of anilines is 1. The lowest BCUT2D eigenvalue weighted by Gasteiger charge is -2.35. The molecule has 2 aliphatic rings. The molecule has 0 saturated carbocycles. The Labute approximate surface area is 181 Å². The van der Waals surface area contributed by atoms with Crippen molar-refractivity contribution in [3.05, 3.63) is 48.0 Å². The van der Waals surface area contributed by atoms with E-state index in [1.165, 1.54) is 0 Å². The standard InChI is InChI=1S/C23H27N3O5/c1-16-7-8-18(29-2)17(13-16)24-22(27)14-25-9-11-26(12-10-25)23(28)21-15-30-19-5-3-4-6-20(19)31-21/h3-8,13,21H,9-12,14-15H2,1-2H3,(H,24,27)/p+1/t21-/m0/s1. The summed E-state index contributed by atoms with van der Waals surface area (Å²) in [6, 6.07) is 13.0. The van der Waals surface area contributed by atoms with Gasteiger partial charge in [0.05, 0.1) is 39.0 Å². The van der Waals surface area contributed by atoms with E-state index in [0.29, 0.717) is 55.7 Å². The highest BCUT2D eigenvalue weighted by atomic mass is 16.6. The fraction of sp³-hybridized carbons (Fsp3) is 0.391. The first-order valence-corrected chi connectivity index (χ1v) is 10.5. The number of ether oxygens (including phenoxy) is 3. The number of para-hydroxylation sites is 2. The molecule has 0 spiro atoms. The lowest BCUT2D eigenvalue weighted by molar-refractivity contribution is -0.895. The van der Waals surface area contributed by atoms with Crippen molar-refractivity contribution < 1.29 is 28.7 Å². The molecule has 4 rings (SSSR count). The number of carbonyl (C=O) groups excluding carboxylic acids is 2. The Morgan fingerprint density at radius 2 is 1.90 bits per heavy atom. The van der Waals surface area contributed by atoms with Crippen LogP contribution in [0.15, 0.2) is 42.5 Å². The molecule has 2 aromatic carbocycles. The predicted molar refractivity (Wildman–Crippen MR) is 115 cm³/mol. The van der Waals surface area contributed by atoms with Crippen molar-refractivity contribution in [2.75, 3.05) is 51.8 Å². The maximum atomic E-state index is 12.9. The predicted octanol–water partition coefficient (Wildman–Crippen LogP) is 0.509. The molecule has 2 heterocycles. The number of rotatable bonds is 5. The molecular formula is C23H28N3O5+. The van der Waals surface area contributed by atoms with E-state index in [2.05, 4.69) is 5.32 Å². The van der Waals surface area contributed by atoms with Crippen molar-refractivity contribution in [1.29, 1.82) is 0 Å². The highest BCUT2D eigenvalue weighted by Crippen LogP contribution is 2.31. The van der Waals surface area contributed by atoms with Gasteiger partial charge in [0.25, 0.3) is 11.8 Å². The summed E-state index contributed by atoms with van der Waals surface area (Å²) < 4.78 is 16.8. The van der Waals surface area contributed by atoms with Gasteiger partial charge in [0.15, 0.2) is 18.0 Å². The first-order chi connectivity index (χ1) is 15.0. The number of fused-ring (bicyclic) bond motifs is 1. The van der Waals surface area contributed by atoms with E-state index in [4.69, 9.17) is 14.2 Å². The average Bonchev–Trinajstić information content (AvgIpc) is 2.79. The van der Waals surface area contributed by atoms with E-state index < -0.39 is 6.10 Å². The number of hydrogen-bond acceptors (Lipinski definition) is 5. The maximum absolute atomic E-state index is 12.9. The van der Waals surface area contributed by atoms with Crippen molar-refractivity contribution in [2.45, 2.75) is 13.0 Å². The van der Waals surface area contributed by atoms with Gasteiger partial charge in [-0.15, -0.1) is 0 Å². The van der Waals surface area contributed by atoms with E-state index in [9.17, 15) is 9.59 Å². The summed E-state index contributed by atoms with van der Waals surface area (Å²) in [6.07, 6.45) is -0.631. The van der Waals surface area contributed by atoms with Crippen LogP contribution in [-0.4, -0.2) is 69.3 Å². The molecule has 2 aliphatic heterocycles. The normalized spacial score (nSPS) is 18.4. The van der Waals surface area contributed by atoms with Gasteiger partial charge in [-0.25, -0.2) is 0 Å². The van der Waals surface area contributed by atoms with Gasteiger partial charge in [-0.2, -0.15) is 0 Å². The van der Waals surface area contributed by atoms with Gasteiger partial charge in [-0.3, -0.25) is 9.59 Å². The van der Waals surface area contributed by atoms with Crippen LogP contribution in [-0.2, 0) is 9.59 Å². The molecule has 2 amide bonds. The number of benzene rings is 2. The van der Waals surface area contributed by atoms with Gasteiger partial charge >= 0.3 is 0 Å². The SMILES string of the molecule is COc1ccc(C)cc1NC(=O)C[NH+]1CCN(C(=O)[C@@H]2COc3ccccc3O2)CC1. The highest BCUT2D eigenvalue weighted by Gasteiger charge is 2.34. The first kappa shape index (κ1) is 21.0. The number of hydrogen-bond donors (Lipinski definition) is 2. The summed E-state index contributed by atoms with van der Waals surface area (Å²) in [6.45, 7) is 5.09. The number of piperazine rings is 1. The third-order valence-corrected chi connectivity index (χ3v) is 5.61. The topological polar surface area (TPSA) is 81.5 Å². The van der Waals surface area contributed by atoms with Crippen LogP contribution in [0, 0.1) is 6.92 Å². The largest absolute Gasteiger partial charge is 0.495 e. The van der Waals surface area contributed by atoms with E-state index in [0.717, 1.165) is 10.5 Å². The minimum Gasteiger partial charge on any atom is -0.495 e. The number of carbonyl (C=O) groups is 2. The Bertz CT molecular complexity index is 956. The molecule has 31 heavy (non-hydrogen) atoms. The van der Waals surface area contributed by atoms with E-state index in [1.54, 1.807) is 18.1 Å². The van der Waals surface area contributed by atoms with Crippen LogP contribution in [0.5, 0.6) is 17.2 Å². The molecule has 0 aromatic heterocycles. The third kappa shape index (κ3) is 4.91. The van der Waals surface area contributed by atoms with Crippen LogP contribution in [0.25, 0.3) is 0 Å². The van der Waals surface area contributed by atoms with Crippen molar-refractivity contribution in [3.8, 4) is 17.2 Å². The molecule has 8 nitrogen and oxygen atoms in total. The molecule has 8 heteroatoms. The Balaban J connectivity index is 1.27. The van der Waals surface area contributed by atoms with E-state index in [-0.39, 0.29) is 18.4 Å². The van der Waals surface area contributed by atoms with Crippen LogP contribution in [0.1, 0.15) is 5.56 Å². The molecule has 1 atom stereocenters. The highest BCUT2D eigenvalue weighted by molar-refractivity contribution is 5.93. The molecule has 0 bridgehead atoms. The Morgan fingerprint density at radius 1 is 1.16 bits per heavy atom. The smallest absolute Gasteiger partial charge is 0.279 e. The second-order valence-corrected chi connectivity index (χ2v) is 7.87. The molecule has 0 radical (unpaired) electrons. The fourth-order valence-corrected chi connectivity index (χ4v) is 3.91. The molecule has 0 unspecified atom stereocenters. The van der Waals surface area contributed by atoms with Crippen molar-refractivity contribution >= 4 is 17.5 Å². The van der Waals surface area contributed by atoms with Gasteiger partial charge in [-0.05, 0) is 36.8 Å². The summed E-state index contributed by atoms with van der Waals surface area (Å²) in [4.78, 5) is 28.3. The van der Waals surface area contributed by atoms with Gasteiger partial charge < -0.3 is 29.3 Å². The number of nitrogens with one attached hydrogen (secondary N) is 2. The number of amides is 2.